The molecule has 0 saturated carbocycles. The predicted molar refractivity (Wildman–Crippen MR) is 242 cm³/mol. The van der Waals surface area contributed by atoms with Crippen molar-refractivity contribution in [2.75, 3.05) is 18.0 Å². The molecular weight excluding hydrogens is 787 g/mol. The summed E-state index contributed by atoms with van der Waals surface area (Å²) in [5.41, 5.74) is 6.31. The van der Waals surface area contributed by atoms with Crippen LogP contribution in [0.3, 0.4) is 0 Å². The molecular formula is C49H64N5O8+. The van der Waals surface area contributed by atoms with Gasteiger partial charge < -0.3 is 36.2 Å². The fraction of sp³-hybridized carbons (Fsp3) is 0.469. The van der Waals surface area contributed by atoms with Gasteiger partial charge in [0.25, 0.3) is 0 Å². The lowest BCUT2D eigenvalue weighted by molar-refractivity contribution is -0.438. The number of nitrogens with zero attached hydrogens (tertiary/aromatic N) is 2. The maximum Gasteiger partial charge on any atom is 0.326 e. The number of fused-ring (bicyclic) bond motifs is 4. The lowest BCUT2D eigenvalue weighted by atomic mass is 9.79. The number of amides is 3. The van der Waals surface area contributed by atoms with Gasteiger partial charge in [-0.2, -0.15) is 4.58 Å². The molecule has 3 amide bonds. The van der Waals surface area contributed by atoms with Gasteiger partial charge in [0.05, 0.1) is 5.41 Å². The molecule has 0 spiro atoms. The number of carbonyl (C=O) groups excluding carboxylic acids is 2. The second kappa shape index (κ2) is 20.7. The summed E-state index contributed by atoms with van der Waals surface area (Å²) in [5, 5.41) is 38.0. The first kappa shape index (κ1) is 47.1. The first-order valence-corrected chi connectivity index (χ1v) is 22.0. The Kier molecular flexibility index (Phi) is 15.7. The van der Waals surface area contributed by atoms with E-state index < -0.39 is 53.9 Å². The van der Waals surface area contributed by atoms with Gasteiger partial charge in [0.15, 0.2) is 5.71 Å². The SMILES string of the molecule is CCCCC(C(=O)NCCCCC(NC(=O)NC(CCC(=O)O)C(=O)O)C(=O)O)N1C(=CC=CC2=[N+](CCCC)c3ccc4ccccc4c3C2(C)C)C(C)(C)c2ccccc21. The van der Waals surface area contributed by atoms with E-state index in [9.17, 15) is 34.2 Å². The van der Waals surface area contributed by atoms with E-state index in [1.807, 2.05) is 12.1 Å². The second-order valence-electron chi connectivity index (χ2n) is 17.4. The molecule has 5 rings (SSSR count). The van der Waals surface area contributed by atoms with E-state index in [0.717, 1.165) is 49.2 Å². The minimum atomic E-state index is -1.49. The van der Waals surface area contributed by atoms with Gasteiger partial charge in [0, 0.05) is 53.9 Å². The van der Waals surface area contributed by atoms with Crippen LogP contribution in [-0.4, -0.2) is 86.7 Å². The Hall–Kier alpha value is -5.98. The molecule has 62 heavy (non-hydrogen) atoms. The lowest BCUT2D eigenvalue weighted by Crippen LogP contribution is -2.51. The highest BCUT2D eigenvalue weighted by Gasteiger charge is 2.46. The molecule has 2 aliphatic heterocycles. The van der Waals surface area contributed by atoms with Crippen LogP contribution < -0.4 is 20.9 Å². The Morgan fingerprint density at radius 1 is 0.758 bits per heavy atom. The number of aliphatic carboxylic acids is 3. The zero-order valence-corrected chi connectivity index (χ0v) is 37.0. The van der Waals surface area contributed by atoms with Crippen molar-refractivity contribution in [1.82, 2.24) is 16.0 Å². The average Bonchev–Trinajstić information content (AvgIpc) is 3.59. The fourth-order valence-electron chi connectivity index (χ4n) is 8.95. The molecule has 3 unspecified atom stereocenters. The molecule has 6 N–H and O–H groups in total. The number of carbonyl (C=O) groups is 5. The van der Waals surface area contributed by atoms with Crippen molar-refractivity contribution in [3.63, 3.8) is 0 Å². The molecule has 3 atom stereocenters. The molecule has 0 fully saturated rings. The van der Waals surface area contributed by atoms with Crippen LogP contribution in [0.25, 0.3) is 10.8 Å². The maximum atomic E-state index is 14.3. The molecule has 13 heteroatoms. The third-order valence-electron chi connectivity index (χ3n) is 12.3. The molecule has 0 bridgehead atoms. The Balaban J connectivity index is 1.34. The topological polar surface area (TPSA) is 188 Å². The van der Waals surface area contributed by atoms with E-state index in [2.05, 4.69) is 134 Å². The summed E-state index contributed by atoms with van der Waals surface area (Å²) in [6.45, 7) is 14.5. The number of urea groups is 1. The van der Waals surface area contributed by atoms with Crippen molar-refractivity contribution < 1.29 is 43.9 Å². The maximum absolute atomic E-state index is 14.3. The average molecular weight is 851 g/mol. The molecule has 0 saturated heterocycles. The van der Waals surface area contributed by atoms with Gasteiger partial charge in [-0.1, -0.05) is 95.5 Å². The van der Waals surface area contributed by atoms with E-state index in [1.54, 1.807) is 0 Å². The van der Waals surface area contributed by atoms with Crippen LogP contribution >= 0.6 is 0 Å². The van der Waals surface area contributed by atoms with E-state index in [4.69, 9.17) is 5.11 Å². The van der Waals surface area contributed by atoms with Crippen molar-refractivity contribution in [3.05, 3.63) is 95.7 Å². The van der Waals surface area contributed by atoms with Crippen molar-refractivity contribution in [2.45, 2.75) is 135 Å². The Labute approximate surface area is 365 Å². The smallest absolute Gasteiger partial charge is 0.326 e. The monoisotopic (exact) mass is 850 g/mol. The molecule has 0 aliphatic carbocycles. The van der Waals surface area contributed by atoms with Crippen molar-refractivity contribution >= 4 is 57.7 Å². The van der Waals surface area contributed by atoms with Crippen molar-refractivity contribution in [2.24, 2.45) is 0 Å². The number of anilines is 1. The molecule has 3 aromatic carbocycles. The Bertz CT molecular complexity index is 2240. The molecule has 2 heterocycles. The molecule has 332 valence electrons. The standard InChI is InChI=1S/C49H63N5O8/c1-7-9-22-39(44(57)50-30-16-15-21-35(45(58)59)51-47(62)52-36(46(60)61)27-29-42(55)56)54-37-23-14-13-20-34(37)48(3,4)41(54)25-17-24-40-49(5,6)43-33-19-12-11-18-32(33)26-28-38(43)53(40)31-10-8-2/h11-14,17-20,23-26,28,35-36,39H,7-10,15-16,21-22,27,29-31H2,1-6H3,(H5-,50,51,52,55,56,57,58,59,60,61,62)/p+1. The number of benzene rings is 3. The molecule has 0 radical (unpaired) electrons. The molecule has 2 aliphatic rings. The normalized spacial score (nSPS) is 17.1. The van der Waals surface area contributed by atoms with Crippen LogP contribution in [0.4, 0.5) is 16.2 Å². The van der Waals surface area contributed by atoms with Crippen molar-refractivity contribution in [3.8, 4) is 0 Å². The van der Waals surface area contributed by atoms with Gasteiger partial charge in [0.2, 0.25) is 11.6 Å². The van der Waals surface area contributed by atoms with Gasteiger partial charge in [-0.25, -0.2) is 14.4 Å². The van der Waals surface area contributed by atoms with E-state index in [1.165, 1.54) is 27.7 Å². The van der Waals surface area contributed by atoms with Gasteiger partial charge in [-0.15, -0.1) is 0 Å². The summed E-state index contributed by atoms with van der Waals surface area (Å²) in [6.07, 6.45) is 11.1. The Morgan fingerprint density at radius 2 is 1.42 bits per heavy atom. The number of rotatable bonds is 22. The molecule has 3 aromatic rings. The highest BCUT2D eigenvalue weighted by molar-refractivity contribution is 6.07. The quantitative estimate of drug-likeness (QED) is 0.0428. The van der Waals surface area contributed by atoms with Gasteiger partial charge >= 0.3 is 23.9 Å². The first-order valence-electron chi connectivity index (χ1n) is 22.0. The molecule has 0 aromatic heterocycles. The first-order chi connectivity index (χ1) is 29.5. The van der Waals surface area contributed by atoms with Crippen LogP contribution in [0, 0.1) is 0 Å². The minimum absolute atomic E-state index is 0.0324. The number of unbranched alkanes of at least 4 members (excludes halogenated alkanes) is 3. The number of para-hydroxylation sites is 1. The van der Waals surface area contributed by atoms with Crippen LogP contribution in [0.5, 0.6) is 0 Å². The number of hydrogen-bond acceptors (Lipinski definition) is 6. The van der Waals surface area contributed by atoms with Crippen LogP contribution in [0.1, 0.15) is 117 Å². The highest BCUT2D eigenvalue weighted by Crippen LogP contribution is 2.49. The van der Waals surface area contributed by atoms with Crippen LogP contribution in [0.2, 0.25) is 0 Å². The summed E-state index contributed by atoms with van der Waals surface area (Å²) in [5.74, 6) is -4.08. The summed E-state index contributed by atoms with van der Waals surface area (Å²) >= 11 is 0. The van der Waals surface area contributed by atoms with E-state index in [-0.39, 0.29) is 30.7 Å². The Morgan fingerprint density at radius 3 is 2.10 bits per heavy atom. The minimum Gasteiger partial charge on any atom is -0.481 e. The van der Waals surface area contributed by atoms with Gasteiger partial charge in [-0.3, -0.25) is 9.59 Å². The van der Waals surface area contributed by atoms with Gasteiger partial charge in [-0.05, 0) is 80.5 Å². The third kappa shape index (κ3) is 10.5. The van der Waals surface area contributed by atoms with Crippen LogP contribution in [-0.2, 0) is 30.0 Å². The summed E-state index contributed by atoms with van der Waals surface area (Å²) in [4.78, 5) is 63.3. The third-order valence-corrected chi connectivity index (χ3v) is 12.3. The fourth-order valence-corrected chi connectivity index (χ4v) is 8.95. The number of nitrogens with one attached hydrogen (secondary N) is 3. The second-order valence-corrected chi connectivity index (χ2v) is 17.4. The number of carboxylic acids is 3. The summed E-state index contributed by atoms with van der Waals surface area (Å²) < 4.78 is 2.48. The molecule has 13 nitrogen and oxygen atoms in total. The largest absolute Gasteiger partial charge is 0.481 e. The summed E-state index contributed by atoms with van der Waals surface area (Å²) in [7, 11) is 0. The summed E-state index contributed by atoms with van der Waals surface area (Å²) in [6, 6.07) is 17.0. The van der Waals surface area contributed by atoms with Crippen LogP contribution in [0.15, 0.2) is 84.6 Å². The number of hydrogen-bond donors (Lipinski definition) is 6. The van der Waals surface area contributed by atoms with E-state index in [0.29, 0.717) is 19.3 Å². The van der Waals surface area contributed by atoms with Crippen molar-refractivity contribution in [1.29, 1.82) is 0 Å². The zero-order chi connectivity index (χ0) is 45.2. The zero-order valence-electron chi connectivity index (χ0n) is 37.0. The van der Waals surface area contributed by atoms with Gasteiger partial charge in [0.1, 0.15) is 24.7 Å². The number of allylic oxidation sites excluding steroid dienone is 4. The highest BCUT2D eigenvalue weighted by atomic mass is 16.4. The van der Waals surface area contributed by atoms with E-state index >= 15 is 0 Å². The number of carboxylic acid groups (broad SMARTS) is 3. The predicted octanol–water partition coefficient (Wildman–Crippen LogP) is 8.17. The lowest BCUT2D eigenvalue weighted by Gasteiger charge is -2.33.